The summed E-state index contributed by atoms with van der Waals surface area (Å²) >= 11 is 0. The number of nitrogens with two attached hydrogens (primary N) is 2. The molecular formula is C20H23N3O. The van der Waals surface area contributed by atoms with Gasteiger partial charge in [0.15, 0.2) is 0 Å². The number of hydrogen-bond acceptors (Lipinski definition) is 3. The number of nitrogens with zero attached hydrogens (tertiary/aromatic N) is 1. The SMILES string of the molecule is CC(C)Cn1c(CN)c(-c2ccccc2)c2cc(N)ccc2c1=O. The third-order valence-electron chi connectivity index (χ3n) is 4.21. The molecule has 4 N–H and O–H groups in total. The number of fused-ring (bicyclic) bond motifs is 1. The van der Waals surface area contributed by atoms with Gasteiger partial charge in [-0.3, -0.25) is 4.79 Å². The molecule has 0 radical (unpaired) electrons. The Morgan fingerprint density at radius 2 is 1.75 bits per heavy atom. The van der Waals surface area contributed by atoms with E-state index in [1.807, 2.05) is 47.0 Å². The van der Waals surface area contributed by atoms with Crippen LogP contribution >= 0.6 is 0 Å². The molecular weight excluding hydrogens is 298 g/mol. The quantitative estimate of drug-likeness (QED) is 0.724. The maximum atomic E-state index is 13.0. The molecule has 0 saturated heterocycles. The zero-order valence-corrected chi connectivity index (χ0v) is 14.1. The lowest BCUT2D eigenvalue weighted by Crippen LogP contribution is -2.28. The Bertz CT molecular complexity index is 927. The van der Waals surface area contributed by atoms with Crippen molar-refractivity contribution in [3.8, 4) is 11.1 Å². The summed E-state index contributed by atoms with van der Waals surface area (Å²) in [5.41, 5.74) is 15.6. The molecule has 0 bridgehead atoms. The van der Waals surface area contributed by atoms with Crippen LogP contribution in [-0.4, -0.2) is 4.57 Å². The first kappa shape index (κ1) is 16.3. The second-order valence-electron chi connectivity index (χ2n) is 6.51. The van der Waals surface area contributed by atoms with Crippen LogP contribution in [0.4, 0.5) is 5.69 Å². The molecule has 0 fully saturated rings. The lowest BCUT2D eigenvalue weighted by molar-refractivity contribution is 0.499. The average molecular weight is 321 g/mol. The van der Waals surface area contributed by atoms with E-state index in [0.717, 1.165) is 22.2 Å². The summed E-state index contributed by atoms with van der Waals surface area (Å²) < 4.78 is 1.82. The van der Waals surface area contributed by atoms with E-state index in [1.165, 1.54) is 0 Å². The highest BCUT2D eigenvalue weighted by molar-refractivity contribution is 5.98. The van der Waals surface area contributed by atoms with Crippen molar-refractivity contribution in [3.63, 3.8) is 0 Å². The molecule has 4 nitrogen and oxygen atoms in total. The maximum absolute atomic E-state index is 13.0. The summed E-state index contributed by atoms with van der Waals surface area (Å²) in [5, 5.41) is 1.55. The van der Waals surface area contributed by atoms with Crippen LogP contribution in [0.2, 0.25) is 0 Å². The van der Waals surface area contributed by atoms with Gasteiger partial charge in [-0.2, -0.15) is 0 Å². The fraction of sp³-hybridized carbons (Fsp3) is 0.250. The number of benzene rings is 2. The maximum Gasteiger partial charge on any atom is 0.258 e. The van der Waals surface area contributed by atoms with Crippen LogP contribution < -0.4 is 17.0 Å². The van der Waals surface area contributed by atoms with Crippen LogP contribution in [-0.2, 0) is 13.1 Å². The smallest absolute Gasteiger partial charge is 0.258 e. The average Bonchev–Trinajstić information content (AvgIpc) is 2.57. The molecule has 0 spiro atoms. The van der Waals surface area contributed by atoms with Gasteiger partial charge in [-0.25, -0.2) is 0 Å². The fourth-order valence-corrected chi connectivity index (χ4v) is 3.21. The van der Waals surface area contributed by atoms with Gasteiger partial charge in [-0.1, -0.05) is 44.2 Å². The standard InChI is InChI=1S/C20H23N3O/c1-13(2)12-23-18(11-21)19(14-6-4-3-5-7-14)17-10-15(22)8-9-16(17)20(23)24/h3-10,13H,11-12,21-22H2,1-2H3. The van der Waals surface area contributed by atoms with Crippen molar-refractivity contribution in [2.45, 2.75) is 26.9 Å². The minimum atomic E-state index is -0.00108. The summed E-state index contributed by atoms with van der Waals surface area (Å²) in [6.45, 7) is 5.15. The first-order chi connectivity index (χ1) is 11.5. The van der Waals surface area contributed by atoms with Gasteiger partial charge in [0.1, 0.15) is 0 Å². The molecule has 0 amide bonds. The monoisotopic (exact) mass is 321 g/mol. The molecule has 24 heavy (non-hydrogen) atoms. The summed E-state index contributed by atoms with van der Waals surface area (Å²) in [6, 6.07) is 15.5. The van der Waals surface area contributed by atoms with Crippen molar-refractivity contribution in [2.24, 2.45) is 11.7 Å². The van der Waals surface area contributed by atoms with Crippen LogP contribution in [0.25, 0.3) is 21.9 Å². The largest absolute Gasteiger partial charge is 0.399 e. The summed E-state index contributed by atoms with van der Waals surface area (Å²) in [7, 11) is 0. The highest BCUT2D eigenvalue weighted by Crippen LogP contribution is 2.32. The van der Waals surface area contributed by atoms with E-state index < -0.39 is 0 Å². The Kier molecular flexibility index (Phi) is 4.40. The van der Waals surface area contributed by atoms with Crippen LogP contribution in [0.3, 0.4) is 0 Å². The second-order valence-corrected chi connectivity index (χ2v) is 6.51. The van der Waals surface area contributed by atoms with Crippen molar-refractivity contribution in [3.05, 3.63) is 64.6 Å². The molecule has 0 aliphatic carbocycles. The van der Waals surface area contributed by atoms with Gasteiger partial charge in [0, 0.05) is 35.4 Å². The highest BCUT2D eigenvalue weighted by atomic mass is 16.1. The van der Waals surface area contributed by atoms with Crippen molar-refractivity contribution < 1.29 is 0 Å². The number of aromatic nitrogens is 1. The van der Waals surface area contributed by atoms with E-state index in [1.54, 1.807) is 6.07 Å². The Labute approximate surface area is 141 Å². The zero-order valence-electron chi connectivity index (χ0n) is 14.1. The Hall–Kier alpha value is -2.59. The lowest BCUT2D eigenvalue weighted by Gasteiger charge is -2.20. The van der Waals surface area contributed by atoms with Crippen molar-refractivity contribution in [2.75, 3.05) is 5.73 Å². The van der Waals surface area contributed by atoms with E-state index in [2.05, 4.69) is 13.8 Å². The molecule has 0 atom stereocenters. The van der Waals surface area contributed by atoms with E-state index in [4.69, 9.17) is 11.5 Å². The second kappa shape index (κ2) is 6.49. The topological polar surface area (TPSA) is 74.0 Å². The number of anilines is 1. The molecule has 0 aliphatic heterocycles. The molecule has 1 aromatic heterocycles. The number of rotatable bonds is 4. The normalized spacial score (nSPS) is 11.3. The third-order valence-corrected chi connectivity index (χ3v) is 4.21. The molecule has 0 unspecified atom stereocenters. The van der Waals surface area contributed by atoms with Gasteiger partial charge < -0.3 is 16.0 Å². The van der Waals surface area contributed by atoms with E-state index >= 15 is 0 Å². The van der Waals surface area contributed by atoms with Gasteiger partial charge in [0.05, 0.1) is 0 Å². The first-order valence-electron chi connectivity index (χ1n) is 8.23. The fourth-order valence-electron chi connectivity index (χ4n) is 3.21. The molecule has 2 aromatic carbocycles. The number of hydrogen-bond donors (Lipinski definition) is 2. The van der Waals surface area contributed by atoms with E-state index in [9.17, 15) is 4.79 Å². The summed E-state index contributed by atoms with van der Waals surface area (Å²) in [5.74, 6) is 0.350. The van der Waals surface area contributed by atoms with E-state index in [0.29, 0.717) is 30.1 Å². The minimum absolute atomic E-state index is 0.00108. The first-order valence-corrected chi connectivity index (χ1v) is 8.23. The van der Waals surface area contributed by atoms with Gasteiger partial charge in [0.2, 0.25) is 0 Å². The van der Waals surface area contributed by atoms with Crippen LogP contribution in [0.5, 0.6) is 0 Å². The van der Waals surface area contributed by atoms with Gasteiger partial charge in [0.25, 0.3) is 5.56 Å². The summed E-state index contributed by atoms with van der Waals surface area (Å²) in [6.07, 6.45) is 0. The molecule has 1 heterocycles. The van der Waals surface area contributed by atoms with Crippen molar-refractivity contribution >= 4 is 16.5 Å². The van der Waals surface area contributed by atoms with Crippen LogP contribution in [0.1, 0.15) is 19.5 Å². The van der Waals surface area contributed by atoms with Crippen LogP contribution in [0, 0.1) is 5.92 Å². The highest BCUT2D eigenvalue weighted by Gasteiger charge is 2.17. The predicted molar refractivity (Wildman–Crippen MR) is 101 cm³/mol. The molecule has 4 heteroatoms. The van der Waals surface area contributed by atoms with Gasteiger partial charge in [-0.15, -0.1) is 0 Å². The molecule has 0 saturated carbocycles. The van der Waals surface area contributed by atoms with Crippen molar-refractivity contribution in [1.82, 2.24) is 4.57 Å². The Morgan fingerprint density at radius 3 is 2.38 bits per heavy atom. The molecule has 124 valence electrons. The van der Waals surface area contributed by atoms with Gasteiger partial charge >= 0.3 is 0 Å². The van der Waals surface area contributed by atoms with Crippen molar-refractivity contribution in [1.29, 1.82) is 0 Å². The Balaban J connectivity index is 2.48. The number of pyridine rings is 1. The number of nitrogen functional groups attached to an aromatic ring is 1. The van der Waals surface area contributed by atoms with Gasteiger partial charge in [-0.05, 0) is 35.1 Å². The predicted octanol–water partition coefficient (Wildman–Crippen LogP) is 3.37. The third kappa shape index (κ3) is 2.81. The van der Waals surface area contributed by atoms with Crippen LogP contribution in [0.15, 0.2) is 53.3 Å². The Morgan fingerprint density at radius 1 is 1.04 bits per heavy atom. The minimum Gasteiger partial charge on any atom is -0.399 e. The lowest BCUT2D eigenvalue weighted by atomic mass is 9.96. The molecule has 0 aliphatic rings. The molecule has 3 rings (SSSR count). The van der Waals surface area contributed by atoms with E-state index in [-0.39, 0.29) is 5.56 Å². The molecule has 3 aromatic rings. The summed E-state index contributed by atoms with van der Waals surface area (Å²) in [4.78, 5) is 13.0. The zero-order chi connectivity index (χ0) is 17.3.